The van der Waals surface area contributed by atoms with Crippen LogP contribution in [0.2, 0.25) is 0 Å². The summed E-state index contributed by atoms with van der Waals surface area (Å²) in [5.41, 5.74) is 5.75. The van der Waals surface area contributed by atoms with Crippen LogP contribution >= 0.6 is 0 Å². The van der Waals surface area contributed by atoms with Crippen LogP contribution in [0.1, 0.15) is 12.8 Å². The van der Waals surface area contributed by atoms with Gasteiger partial charge in [-0.2, -0.15) is 0 Å². The fourth-order valence-corrected chi connectivity index (χ4v) is 2.76. The quantitative estimate of drug-likeness (QED) is 0.833. The van der Waals surface area contributed by atoms with Crippen LogP contribution in [0.3, 0.4) is 0 Å². The number of carbonyl (C=O) groups is 1. The summed E-state index contributed by atoms with van der Waals surface area (Å²) in [5, 5.41) is 2.78. The third-order valence-corrected chi connectivity index (χ3v) is 5.45. The first-order valence-corrected chi connectivity index (χ1v) is 7.80. The van der Waals surface area contributed by atoms with Crippen molar-refractivity contribution in [2.24, 2.45) is 11.1 Å². The number of hydrogen-bond acceptors (Lipinski definition) is 4. The first-order chi connectivity index (χ1) is 9.32. The molecular weight excluding hydrogens is 278 g/mol. The molecule has 1 saturated carbocycles. The molecule has 1 aliphatic carbocycles. The standard InChI is InChI=1S/C13H19N3O3S/c1-16(2)20(18,19)11-5-3-10(4-6-11)15-12(17)13(9-14)7-8-13/h3-6H,7-9,14H2,1-2H3,(H,15,17). The van der Waals surface area contributed by atoms with E-state index in [1.807, 2.05) is 0 Å². The number of nitrogens with one attached hydrogen (secondary N) is 1. The van der Waals surface area contributed by atoms with Crippen LogP contribution < -0.4 is 11.1 Å². The number of benzene rings is 1. The van der Waals surface area contributed by atoms with E-state index in [2.05, 4.69) is 5.32 Å². The summed E-state index contributed by atoms with van der Waals surface area (Å²) in [4.78, 5) is 12.2. The Morgan fingerprint density at radius 1 is 1.30 bits per heavy atom. The van der Waals surface area contributed by atoms with Gasteiger partial charge in [0.25, 0.3) is 0 Å². The zero-order valence-electron chi connectivity index (χ0n) is 11.6. The molecule has 0 unspecified atom stereocenters. The third-order valence-electron chi connectivity index (χ3n) is 3.62. The Kier molecular flexibility index (Phi) is 3.86. The van der Waals surface area contributed by atoms with Gasteiger partial charge >= 0.3 is 0 Å². The van der Waals surface area contributed by atoms with Gasteiger partial charge in [0.15, 0.2) is 0 Å². The van der Waals surface area contributed by atoms with Crippen molar-refractivity contribution in [2.45, 2.75) is 17.7 Å². The van der Waals surface area contributed by atoms with E-state index in [0.717, 1.165) is 17.1 Å². The minimum Gasteiger partial charge on any atom is -0.329 e. The summed E-state index contributed by atoms with van der Waals surface area (Å²) in [5.74, 6) is -0.0942. The number of carbonyl (C=O) groups excluding carboxylic acids is 1. The lowest BCUT2D eigenvalue weighted by molar-refractivity contribution is -0.120. The fourth-order valence-electron chi connectivity index (χ4n) is 1.86. The SMILES string of the molecule is CN(C)S(=O)(=O)c1ccc(NC(=O)C2(CN)CC2)cc1. The zero-order valence-corrected chi connectivity index (χ0v) is 12.4. The minimum atomic E-state index is -3.44. The third kappa shape index (κ3) is 2.70. The van der Waals surface area contributed by atoms with Crippen molar-refractivity contribution in [2.75, 3.05) is 26.0 Å². The molecule has 0 heterocycles. The lowest BCUT2D eigenvalue weighted by atomic mass is 10.1. The molecular formula is C13H19N3O3S. The van der Waals surface area contributed by atoms with Crippen molar-refractivity contribution in [3.05, 3.63) is 24.3 Å². The average molecular weight is 297 g/mol. The summed E-state index contributed by atoms with van der Waals surface area (Å²) in [6.45, 7) is 0.339. The number of amides is 1. The van der Waals surface area contributed by atoms with Crippen LogP contribution in [0.4, 0.5) is 5.69 Å². The van der Waals surface area contributed by atoms with Crippen LogP contribution in [-0.4, -0.2) is 39.3 Å². The normalized spacial score (nSPS) is 17.0. The first kappa shape index (κ1) is 15.0. The second-order valence-corrected chi connectivity index (χ2v) is 7.40. The average Bonchev–Trinajstić information content (AvgIpc) is 3.20. The molecule has 0 spiro atoms. The number of hydrogen-bond donors (Lipinski definition) is 2. The Morgan fingerprint density at radius 2 is 1.85 bits per heavy atom. The molecule has 1 amide bonds. The molecule has 0 aliphatic heterocycles. The van der Waals surface area contributed by atoms with E-state index in [-0.39, 0.29) is 10.8 Å². The minimum absolute atomic E-state index is 0.0942. The molecule has 1 aromatic carbocycles. The van der Waals surface area contributed by atoms with Crippen LogP contribution in [0.5, 0.6) is 0 Å². The lowest BCUT2D eigenvalue weighted by Gasteiger charge is -2.14. The number of nitrogens with two attached hydrogens (primary N) is 1. The number of nitrogens with zero attached hydrogens (tertiary/aromatic N) is 1. The van der Waals surface area contributed by atoms with Crippen LogP contribution in [0.15, 0.2) is 29.2 Å². The maximum absolute atomic E-state index is 12.0. The molecule has 0 saturated heterocycles. The molecule has 2 rings (SSSR count). The van der Waals surface area contributed by atoms with Crippen molar-refractivity contribution >= 4 is 21.6 Å². The van der Waals surface area contributed by atoms with Crippen LogP contribution in [-0.2, 0) is 14.8 Å². The highest BCUT2D eigenvalue weighted by Gasteiger charge is 2.48. The van der Waals surface area contributed by atoms with Gasteiger partial charge in [-0.15, -0.1) is 0 Å². The summed E-state index contributed by atoms with van der Waals surface area (Å²) in [6.07, 6.45) is 1.62. The first-order valence-electron chi connectivity index (χ1n) is 6.36. The Labute approximate surface area is 119 Å². The van der Waals surface area contributed by atoms with Gasteiger partial charge in [0.1, 0.15) is 0 Å². The van der Waals surface area contributed by atoms with Gasteiger partial charge in [0, 0.05) is 26.3 Å². The van der Waals surface area contributed by atoms with Gasteiger partial charge in [-0.05, 0) is 37.1 Å². The van der Waals surface area contributed by atoms with Crippen molar-refractivity contribution in [1.82, 2.24) is 4.31 Å². The molecule has 0 atom stereocenters. The van der Waals surface area contributed by atoms with Crippen molar-refractivity contribution < 1.29 is 13.2 Å². The Hall–Kier alpha value is -1.44. The molecule has 0 radical (unpaired) electrons. The Balaban J connectivity index is 2.12. The predicted molar refractivity (Wildman–Crippen MR) is 76.7 cm³/mol. The van der Waals surface area contributed by atoms with Gasteiger partial charge in [-0.25, -0.2) is 12.7 Å². The summed E-state index contributed by atoms with van der Waals surface area (Å²) < 4.78 is 25.0. The second kappa shape index (κ2) is 5.16. The van der Waals surface area contributed by atoms with E-state index in [1.165, 1.54) is 26.2 Å². The maximum atomic E-state index is 12.0. The van der Waals surface area contributed by atoms with E-state index in [9.17, 15) is 13.2 Å². The molecule has 110 valence electrons. The lowest BCUT2D eigenvalue weighted by Crippen LogP contribution is -2.30. The number of rotatable bonds is 5. The Morgan fingerprint density at radius 3 is 2.25 bits per heavy atom. The smallest absolute Gasteiger partial charge is 0.242 e. The highest BCUT2D eigenvalue weighted by Crippen LogP contribution is 2.45. The molecule has 0 aromatic heterocycles. The van der Waals surface area contributed by atoms with E-state index in [0.29, 0.717) is 12.2 Å². The van der Waals surface area contributed by atoms with E-state index in [1.54, 1.807) is 12.1 Å². The number of sulfonamides is 1. The molecule has 1 aliphatic rings. The molecule has 0 bridgehead atoms. The van der Waals surface area contributed by atoms with Crippen LogP contribution in [0, 0.1) is 5.41 Å². The van der Waals surface area contributed by atoms with Gasteiger partial charge in [-0.1, -0.05) is 0 Å². The summed E-state index contributed by atoms with van der Waals surface area (Å²) >= 11 is 0. The molecule has 1 aromatic rings. The zero-order chi connectivity index (χ0) is 15.0. The Bertz CT molecular complexity index is 604. The van der Waals surface area contributed by atoms with E-state index >= 15 is 0 Å². The molecule has 1 fully saturated rings. The highest BCUT2D eigenvalue weighted by atomic mass is 32.2. The molecule has 20 heavy (non-hydrogen) atoms. The molecule has 3 N–H and O–H groups in total. The topological polar surface area (TPSA) is 92.5 Å². The van der Waals surface area contributed by atoms with Gasteiger partial charge in [0.05, 0.1) is 10.3 Å². The fraction of sp³-hybridized carbons (Fsp3) is 0.462. The maximum Gasteiger partial charge on any atom is 0.242 e. The summed E-state index contributed by atoms with van der Waals surface area (Å²) in [6, 6.07) is 6.13. The van der Waals surface area contributed by atoms with Crippen molar-refractivity contribution in [1.29, 1.82) is 0 Å². The van der Waals surface area contributed by atoms with Crippen molar-refractivity contribution in [3.8, 4) is 0 Å². The molecule has 6 nitrogen and oxygen atoms in total. The summed E-state index contributed by atoms with van der Waals surface area (Å²) in [7, 11) is -0.492. The molecule has 7 heteroatoms. The van der Waals surface area contributed by atoms with E-state index < -0.39 is 15.4 Å². The van der Waals surface area contributed by atoms with Gasteiger partial charge in [0.2, 0.25) is 15.9 Å². The highest BCUT2D eigenvalue weighted by molar-refractivity contribution is 7.89. The largest absolute Gasteiger partial charge is 0.329 e. The monoisotopic (exact) mass is 297 g/mol. The number of anilines is 1. The van der Waals surface area contributed by atoms with Gasteiger partial charge in [-0.3, -0.25) is 4.79 Å². The predicted octanol–water partition coefficient (Wildman–Crippen LogP) is 0.614. The second-order valence-electron chi connectivity index (χ2n) is 5.25. The van der Waals surface area contributed by atoms with Gasteiger partial charge < -0.3 is 11.1 Å². The van der Waals surface area contributed by atoms with E-state index in [4.69, 9.17) is 5.73 Å². The van der Waals surface area contributed by atoms with Crippen LogP contribution in [0.25, 0.3) is 0 Å². The van der Waals surface area contributed by atoms with Crippen molar-refractivity contribution in [3.63, 3.8) is 0 Å².